The van der Waals surface area contributed by atoms with Crippen LogP contribution in [0.25, 0.3) is 0 Å². The van der Waals surface area contributed by atoms with E-state index in [0.29, 0.717) is 29.8 Å². The van der Waals surface area contributed by atoms with Gasteiger partial charge in [-0.25, -0.2) is 0 Å². The number of carbonyl (C=O) groups excluding carboxylic acids is 2. The number of hydrogen-bond acceptors (Lipinski definition) is 3. The van der Waals surface area contributed by atoms with E-state index in [9.17, 15) is 9.59 Å². The number of carbonyl (C=O) groups is 2. The summed E-state index contributed by atoms with van der Waals surface area (Å²) >= 11 is 1.93. The number of Topliss-reactive ketones (excluding diaryl/α,β-unsaturated/α-hetero) is 1. The second kappa shape index (κ2) is 4.83. The molecule has 0 aromatic heterocycles. The average molecular weight is 316 g/mol. The summed E-state index contributed by atoms with van der Waals surface area (Å²) in [5, 5.41) is 0. The highest BCUT2D eigenvalue weighted by Gasteiger charge is 2.56. The van der Waals surface area contributed by atoms with Gasteiger partial charge in [0.25, 0.3) is 0 Å². The molecule has 0 aromatic carbocycles. The van der Waals surface area contributed by atoms with Crippen molar-refractivity contribution in [1.82, 2.24) is 0 Å². The van der Waals surface area contributed by atoms with Gasteiger partial charge in [-0.1, -0.05) is 18.6 Å². The lowest BCUT2D eigenvalue weighted by molar-refractivity contribution is -0.127. The first-order valence-corrected chi connectivity index (χ1v) is 9.76. The highest BCUT2D eigenvalue weighted by molar-refractivity contribution is 8.00. The smallest absolute Gasteiger partial charge is 0.155 e. The molecule has 0 aromatic rings. The summed E-state index contributed by atoms with van der Waals surface area (Å²) in [6.07, 6.45) is 13.1. The van der Waals surface area contributed by atoms with Gasteiger partial charge in [0, 0.05) is 18.3 Å². The van der Waals surface area contributed by atoms with Crippen LogP contribution in [-0.2, 0) is 9.59 Å². The van der Waals surface area contributed by atoms with E-state index in [1.54, 1.807) is 5.57 Å². The Hall–Kier alpha value is -0.830. The molecule has 4 aliphatic carbocycles. The lowest BCUT2D eigenvalue weighted by atomic mass is 9.56. The lowest BCUT2D eigenvalue weighted by Crippen LogP contribution is -2.47. The van der Waals surface area contributed by atoms with E-state index in [-0.39, 0.29) is 10.2 Å². The molecular weight excluding hydrogens is 292 g/mol. The minimum Gasteiger partial charge on any atom is -0.299 e. The summed E-state index contributed by atoms with van der Waals surface area (Å²) in [7, 11) is 0. The number of hydrogen-bond donors (Lipinski definition) is 0. The van der Waals surface area contributed by atoms with Crippen molar-refractivity contribution in [2.45, 2.75) is 56.6 Å². The largest absolute Gasteiger partial charge is 0.299 e. The van der Waals surface area contributed by atoms with E-state index >= 15 is 0 Å². The van der Waals surface area contributed by atoms with Gasteiger partial charge in [-0.3, -0.25) is 9.59 Å². The third-order valence-electron chi connectivity index (χ3n) is 6.89. The summed E-state index contributed by atoms with van der Waals surface area (Å²) < 4.78 is 0.0593. The van der Waals surface area contributed by atoms with E-state index in [4.69, 9.17) is 0 Å². The third-order valence-corrected chi connectivity index (χ3v) is 8.28. The fourth-order valence-corrected chi connectivity index (χ4v) is 6.83. The van der Waals surface area contributed by atoms with Crippen molar-refractivity contribution in [3.8, 4) is 0 Å². The first-order chi connectivity index (χ1) is 10.5. The molecule has 0 unspecified atom stereocenters. The molecule has 0 N–H and O–H groups in total. The topological polar surface area (TPSA) is 34.1 Å². The molecular formula is C19H24O2S. The number of allylic oxidation sites excluding steroid dienone is 2. The molecule has 22 heavy (non-hydrogen) atoms. The van der Waals surface area contributed by atoms with Crippen LogP contribution in [0.3, 0.4) is 0 Å². The van der Waals surface area contributed by atoms with Crippen LogP contribution in [-0.4, -0.2) is 22.6 Å². The van der Waals surface area contributed by atoms with E-state index in [1.165, 1.54) is 5.57 Å². The zero-order valence-electron chi connectivity index (χ0n) is 13.5. The summed E-state index contributed by atoms with van der Waals surface area (Å²) in [6.45, 7) is 2.20. The monoisotopic (exact) mass is 316 g/mol. The summed E-state index contributed by atoms with van der Waals surface area (Å²) in [5.74, 6) is 1.87. The molecule has 0 radical (unpaired) electrons. The molecule has 2 fully saturated rings. The van der Waals surface area contributed by atoms with Crippen LogP contribution >= 0.6 is 11.8 Å². The quantitative estimate of drug-likeness (QED) is 0.683. The Labute approximate surface area is 136 Å². The fraction of sp³-hybridized carbons (Fsp3) is 0.684. The van der Waals surface area contributed by atoms with Gasteiger partial charge in [-0.05, 0) is 61.8 Å². The van der Waals surface area contributed by atoms with Crippen LogP contribution in [0, 0.1) is 17.3 Å². The van der Waals surface area contributed by atoms with Gasteiger partial charge in [0.05, 0.1) is 4.75 Å². The highest BCUT2D eigenvalue weighted by Crippen LogP contribution is 2.62. The molecule has 0 saturated heterocycles. The Morgan fingerprint density at radius 1 is 1.18 bits per heavy atom. The predicted molar refractivity (Wildman–Crippen MR) is 89.8 cm³/mol. The number of rotatable bonds is 1. The maximum Gasteiger partial charge on any atom is 0.155 e. The molecule has 0 spiro atoms. The third kappa shape index (κ3) is 1.75. The highest BCUT2D eigenvalue weighted by atomic mass is 32.2. The molecule has 3 heteroatoms. The van der Waals surface area contributed by atoms with Crippen molar-refractivity contribution in [3.63, 3.8) is 0 Å². The fourth-order valence-electron chi connectivity index (χ4n) is 5.63. The Morgan fingerprint density at radius 3 is 2.77 bits per heavy atom. The van der Waals surface area contributed by atoms with Crippen LogP contribution in [0.2, 0.25) is 0 Å². The Bertz CT molecular complexity index is 617. The van der Waals surface area contributed by atoms with Crippen molar-refractivity contribution >= 4 is 23.3 Å². The Balaban J connectivity index is 1.80. The summed E-state index contributed by atoms with van der Waals surface area (Å²) in [6, 6.07) is 0. The molecule has 0 heterocycles. The lowest BCUT2D eigenvalue weighted by Gasteiger charge is -2.52. The van der Waals surface area contributed by atoms with Gasteiger partial charge < -0.3 is 0 Å². The maximum atomic E-state index is 12.4. The normalized spacial score (nSPS) is 43.9. The Kier molecular flexibility index (Phi) is 3.24. The molecule has 0 amide bonds. The van der Waals surface area contributed by atoms with Crippen LogP contribution in [0.1, 0.15) is 51.9 Å². The molecule has 4 rings (SSSR count). The Morgan fingerprint density at radius 2 is 2.00 bits per heavy atom. The number of ketones is 2. The van der Waals surface area contributed by atoms with Gasteiger partial charge in [0.1, 0.15) is 5.78 Å². The van der Waals surface area contributed by atoms with Crippen LogP contribution in [0.4, 0.5) is 0 Å². The second-order valence-corrected chi connectivity index (χ2v) is 8.77. The van der Waals surface area contributed by atoms with Gasteiger partial charge in [-0.15, -0.1) is 11.8 Å². The van der Waals surface area contributed by atoms with Crippen molar-refractivity contribution in [3.05, 3.63) is 23.3 Å². The van der Waals surface area contributed by atoms with Crippen LogP contribution in [0.15, 0.2) is 23.3 Å². The molecule has 0 aliphatic heterocycles. The predicted octanol–water partition coefficient (Wildman–Crippen LogP) is 4.10. The van der Waals surface area contributed by atoms with Crippen molar-refractivity contribution < 1.29 is 9.59 Å². The van der Waals surface area contributed by atoms with Gasteiger partial charge in [-0.2, -0.15) is 0 Å². The second-order valence-electron chi connectivity index (χ2n) is 7.66. The van der Waals surface area contributed by atoms with Crippen molar-refractivity contribution in [2.75, 3.05) is 6.26 Å². The standard InChI is InChI=1S/C19H24O2S/c1-18-9-8-16-14(15(18)5-6-17(18)21)4-3-12-11-13(20)7-10-19(12,16)22-2/h8,11,14-15H,3-7,9-10H2,1-2H3/t14-,15-,18-,19+/m0/s1. The average Bonchev–Trinajstić information content (AvgIpc) is 2.82. The van der Waals surface area contributed by atoms with Crippen molar-refractivity contribution in [1.29, 1.82) is 0 Å². The zero-order chi connectivity index (χ0) is 15.5. The van der Waals surface area contributed by atoms with Crippen LogP contribution < -0.4 is 0 Å². The molecule has 0 bridgehead atoms. The van der Waals surface area contributed by atoms with E-state index < -0.39 is 0 Å². The molecule has 4 atom stereocenters. The van der Waals surface area contributed by atoms with E-state index in [2.05, 4.69) is 19.3 Å². The van der Waals surface area contributed by atoms with E-state index in [1.807, 2.05) is 17.8 Å². The molecule has 4 aliphatic rings. The zero-order valence-corrected chi connectivity index (χ0v) is 14.3. The van der Waals surface area contributed by atoms with Crippen molar-refractivity contribution in [2.24, 2.45) is 17.3 Å². The van der Waals surface area contributed by atoms with Gasteiger partial charge in [0.2, 0.25) is 0 Å². The van der Waals surface area contributed by atoms with Crippen LogP contribution in [0.5, 0.6) is 0 Å². The minimum absolute atomic E-state index is 0.0593. The first-order valence-electron chi connectivity index (χ1n) is 8.54. The molecule has 2 nitrogen and oxygen atoms in total. The number of fused-ring (bicyclic) bond motifs is 5. The van der Waals surface area contributed by atoms with Gasteiger partial charge >= 0.3 is 0 Å². The van der Waals surface area contributed by atoms with E-state index in [0.717, 1.165) is 38.5 Å². The van der Waals surface area contributed by atoms with Gasteiger partial charge in [0.15, 0.2) is 5.78 Å². The minimum atomic E-state index is -0.112. The molecule has 118 valence electrons. The molecule has 2 saturated carbocycles. The first kappa shape index (κ1) is 14.7. The number of thioether (sulfide) groups is 1. The maximum absolute atomic E-state index is 12.4. The SMILES string of the molecule is CS[C@]12CCC(=O)C=C1CC[C@@H]1C2=CC[C@]2(C)C(=O)CC[C@@H]12. The summed E-state index contributed by atoms with van der Waals surface area (Å²) in [4.78, 5) is 24.3. The summed E-state index contributed by atoms with van der Waals surface area (Å²) in [5.41, 5.74) is 2.80.